The van der Waals surface area contributed by atoms with Crippen LogP contribution in [0.15, 0.2) is 66.7 Å². The van der Waals surface area contributed by atoms with Crippen LogP contribution in [0.2, 0.25) is 0 Å². The molecule has 0 radical (unpaired) electrons. The lowest BCUT2D eigenvalue weighted by molar-refractivity contribution is 0.0917. The van der Waals surface area contributed by atoms with E-state index in [1.165, 1.54) is 4.88 Å². The van der Waals surface area contributed by atoms with Crippen molar-refractivity contribution < 1.29 is 19.3 Å². The van der Waals surface area contributed by atoms with Crippen molar-refractivity contribution in [1.29, 1.82) is 0 Å². The number of aromatic nitrogens is 1. The minimum atomic E-state index is -0.112. The van der Waals surface area contributed by atoms with E-state index in [0.717, 1.165) is 29.9 Å². The molecule has 2 atom stereocenters. The Morgan fingerprint density at radius 1 is 1.11 bits per heavy atom. The molecule has 0 amide bonds. The highest BCUT2D eigenvalue weighted by molar-refractivity contribution is 7.09. The highest BCUT2D eigenvalue weighted by Gasteiger charge is 2.14. The first-order chi connectivity index (χ1) is 16.9. The number of allylic oxidation sites excluding steroid dienone is 1. The maximum atomic E-state index is 9.58. The standard InChI is InChI=1S/C28H34N2O4S/c1-6-8-27(30-28-11-10-22(17-29-28)21(4)31)23-14-24(16-25(15-23)34-20(3)18-32-5)33-19(2)13-26-9-7-12-35-26/h7-12,14-17,19-20,31H,4,6,13,18H2,1-3,5H3,(H,29,30)/b27-8+. The zero-order chi connectivity index (χ0) is 25.2. The molecule has 2 aromatic heterocycles. The number of hydrogen-bond acceptors (Lipinski definition) is 7. The van der Waals surface area contributed by atoms with Crippen LogP contribution in [0.4, 0.5) is 5.82 Å². The van der Waals surface area contributed by atoms with Gasteiger partial charge in [-0.15, -0.1) is 11.3 Å². The minimum absolute atomic E-state index is 0.000467. The van der Waals surface area contributed by atoms with Crippen molar-refractivity contribution in [2.45, 2.75) is 45.8 Å². The van der Waals surface area contributed by atoms with Gasteiger partial charge >= 0.3 is 0 Å². The summed E-state index contributed by atoms with van der Waals surface area (Å²) in [5.41, 5.74) is 2.38. The smallest absolute Gasteiger partial charge is 0.130 e. The van der Waals surface area contributed by atoms with Gasteiger partial charge in [-0.25, -0.2) is 4.98 Å². The normalized spacial score (nSPS) is 13.2. The molecular formula is C28H34N2O4S. The molecule has 0 fully saturated rings. The average molecular weight is 495 g/mol. The summed E-state index contributed by atoms with van der Waals surface area (Å²) in [6.07, 6.45) is 5.22. The molecule has 6 nitrogen and oxygen atoms in total. The molecule has 3 aromatic rings. The van der Waals surface area contributed by atoms with Crippen LogP contribution in [0, 0.1) is 0 Å². The second-order valence-corrected chi connectivity index (χ2v) is 9.35. The molecule has 2 unspecified atom stereocenters. The van der Waals surface area contributed by atoms with Crippen molar-refractivity contribution >= 4 is 28.6 Å². The lowest BCUT2D eigenvalue weighted by Gasteiger charge is -2.20. The van der Waals surface area contributed by atoms with E-state index in [1.807, 2.05) is 31.2 Å². The molecule has 0 aliphatic carbocycles. The van der Waals surface area contributed by atoms with Gasteiger partial charge in [0.25, 0.3) is 0 Å². The number of thiophene rings is 1. The van der Waals surface area contributed by atoms with Crippen molar-refractivity contribution in [2.24, 2.45) is 0 Å². The van der Waals surface area contributed by atoms with Gasteiger partial charge in [0.05, 0.1) is 6.61 Å². The number of nitrogens with one attached hydrogen (secondary N) is 1. The molecule has 2 heterocycles. The molecular weight excluding hydrogens is 460 g/mol. The van der Waals surface area contributed by atoms with Crippen LogP contribution < -0.4 is 14.8 Å². The van der Waals surface area contributed by atoms with Gasteiger partial charge in [-0.2, -0.15) is 0 Å². The Bertz CT molecular complexity index is 1110. The number of aliphatic hydroxyl groups excluding tert-OH is 1. The van der Waals surface area contributed by atoms with Crippen molar-refractivity contribution in [1.82, 2.24) is 4.98 Å². The second-order valence-electron chi connectivity index (χ2n) is 8.32. The SMILES string of the molecule is C=C(O)c1ccc(N/C(=C/CC)c2cc(OC(C)COC)cc(OC(C)Cc3cccs3)c2)nc1. The lowest BCUT2D eigenvalue weighted by Crippen LogP contribution is -2.18. The highest BCUT2D eigenvalue weighted by Crippen LogP contribution is 2.30. The number of aliphatic hydroxyl groups is 1. The number of methoxy groups -OCH3 is 1. The number of rotatable bonds is 13. The molecule has 35 heavy (non-hydrogen) atoms. The Balaban J connectivity index is 1.88. The Kier molecular flexibility index (Phi) is 9.76. The quantitative estimate of drug-likeness (QED) is 0.250. The van der Waals surface area contributed by atoms with Gasteiger partial charge in [0, 0.05) is 47.5 Å². The van der Waals surface area contributed by atoms with Crippen molar-refractivity contribution in [2.75, 3.05) is 19.0 Å². The monoisotopic (exact) mass is 494 g/mol. The van der Waals surface area contributed by atoms with Crippen LogP contribution in [-0.2, 0) is 11.2 Å². The predicted molar refractivity (Wildman–Crippen MR) is 144 cm³/mol. The molecule has 0 spiro atoms. The van der Waals surface area contributed by atoms with E-state index in [4.69, 9.17) is 14.2 Å². The largest absolute Gasteiger partial charge is 0.508 e. The Labute approximate surface area is 211 Å². The van der Waals surface area contributed by atoms with Gasteiger partial charge in [0.1, 0.15) is 35.3 Å². The van der Waals surface area contributed by atoms with Gasteiger partial charge in [-0.1, -0.05) is 25.6 Å². The van der Waals surface area contributed by atoms with Gasteiger partial charge in [-0.05, 0) is 56.0 Å². The fourth-order valence-corrected chi connectivity index (χ4v) is 4.39. The number of pyridine rings is 1. The number of nitrogens with zero attached hydrogens (tertiary/aromatic N) is 1. The van der Waals surface area contributed by atoms with Gasteiger partial charge in [0.15, 0.2) is 0 Å². The lowest BCUT2D eigenvalue weighted by atomic mass is 10.1. The number of ether oxygens (including phenoxy) is 3. The fraction of sp³-hybridized carbons (Fsp3) is 0.321. The van der Waals surface area contributed by atoms with Gasteiger partial charge < -0.3 is 24.6 Å². The summed E-state index contributed by atoms with van der Waals surface area (Å²) in [4.78, 5) is 5.69. The van der Waals surface area contributed by atoms with Crippen molar-refractivity contribution in [3.05, 3.63) is 82.7 Å². The molecule has 7 heteroatoms. The first-order valence-corrected chi connectivity index (χ1v) is 12.6. The van der Waals surface area contributed by atoms with E-state index in [1.54, 1.807) is 30.7 Å². The van der Waals surface area contributed by atoms with Gasteiger partial charge in [0.2, 0.25) is 0 Å². The molecule has 1 aromatic carbocycles. The molecule has 2 N–H and O–H groups in total. The van der Waals surface area contributed by atoms with Crippen LogP contribution in [0.3, 0.4) is 0 Å². The zero-order valence-electron chi connectivity index (χ0n) is 20.8. The average Bonchev–Trinajstić information content (AvgIpc) is 3.32. The molecule has 0 saturated carbocycles. The summed E-state index contributed by atoms with van der Waals surface area (Å²) >= 11 is 1.73. The van der Waals surface area contributed by atoms with E-state index >= 15 is 0 Å². The van der Waals surface area contributed by atoms with Crippen molar-refractivity contribution in [3.63, 3.8) is 0 Å². The molecule has 0 aliphatic heterocycles. The third-order valence-corrected chi connectivity index (χ3v) is 6.00. The van der Waals surface area contributed by atoms with Crippen LogP contribution in [0.5, 0.6) is 11.5 Å². The van der Waals surface area contributed by atoms with E-state index in [-0.39, 0.29) is 18.0 Å². The second kappa shape index (κ2) is 13.0. The summed E-state index contributed by atoms with van der Waals surface area (Å²) in [7, 11) is 1.66. The molecule has 0 bridgehead atoms. The topological polar surface area (TPSA) is 72.8 Å². The zero-order valence-corrected chi connectivity index (χ0v) is 21.6. The summed E-state index contributed by atoms with van der Waals surface area (Å²) in [5, 5.41) is 15.0. The number of benzene rings is 1. The third kappa shape index (κ3) is 8.16. The Morgan fingerprint density at radius 2 is 1.86 bits per heavy atom. The van der Waals surface area contributed by atoms with Gasteiger partial charge in [-0.3, -0.25) is 0 Å². The van der Waals surface area contributed by atoms with E-state index in [0.29, 0.717) is 23.7 Å². The number of hydrogen-bond donors (Lipinski definition) is 2. The molecule has 186 valence electrons. The maximum absolute atomic E-state index is 9.58. The Hall–Kier alpha value is -3.29. The third-order valence-electron chi connectivity index (χ3n) is 5.10. The summed E-state index contributed by atoms with van der Waals surface area (Å²) in [5.74, 6) is 2.08. The van der Waals surface area contributed by atoms with E-state index < -0.39 is 0 Å². The number of anilines is 1. The van der Waals surface area contributed by atoms with Crippen LogP contribution in [0.1, 0.15) is 43.2 Å². The summed E-state index contributed by atoms with van der Waals surface area (Å²) < 4.78 is 17.7. The fourth-order valence-electron chi connectivity index (χ4n) is 3.57. The van der Waals surface area contributed by atoms with E-state index in [9.17, 15) is 5.11 Å². The van der Waals surface area contributed by atoms with Crippen LogP contribution >= 0.6 is 11.3 Å². The molecule has 0 saturated heterocycles. The highest BCUT2D eigenvalue weighted by atomic mass is 32.1. The van der Waals surface area contributed by atoms with Crippen LogP contribution in [0.25, 0.3) is 11.5 Å². The minimum Gasteiger partial charge on any atom is -0.508 e. The summed E-state index contributed by atoms with van der Waals surface area (Å²) in [6.45, 7) is 10.1. The first-order valence-electron chi connectivity index (χ1n) is 11.7. The Morgan fingerprint density at radius 3 is 2.43 bits per heavy atom. The summed E-state index contributed by atoms with van der Waals surface area (Å²) in [6, 6.07) is 13.7. The van der Waals surface area contributed by atoms with Crippen LogP contribution in [-0.4, -0.2) is 36.0 Å². The molecule has 3 rings (SSSR count). The van der Waals surface area contributed by atoms with Crippen molar-refractivity contribution in [3.8, 4) is 11.5 Å². The predicted octanol–water partition coefficient (Wildman–Crippen LogP) is 6.96. The van der Waals surface area contributed by atoms with E-state index in [2.05, 4.69) is 54.3 Å². The first kappa shape index (κ1) is 26.3. The maximum Gasteiger partial charge on any atom is 0.130 e. The molecule has 0 aliphatic rings.